The molecule has 3 aromatic rings. The average Bonchev–Trinajstić information content (AvgIpc) is 3.02. The zero-order valence-corrected chi connectivity index (χ0v) is 14.3. The van der Waals surface area contributed by atoms with Crippen LogP contribution in [0.4, 0.5) is 4.39 Å². The highest BCUT2D eigenvalue weighted by atomic mass is 19.1. The van der Waals surface area contributed by atoms with Gasteiger partial charge in [-0.05, 0) is 49.1 Å². The van der Waals surface area contributed by atoms with E-state index in [1.165, 1.54) is 17.7 Å². The van der Waals surface area contributed by atoms with E-state index in [9.17, 15) is 9.18 Å². The van der Waals surface area contributed by atoms with Crippen LogP contribution in [0.3, 0.4) is 0 Å². The summed E-state index contributed by atoms with van der Waals surface area (Å²) in [6.07, 6.45) is 3.78. The SMILES string of the molecule is Cc1cccc2c1cnn2CCC(=O)NCCCc1cccc(F)c1. The Morgan fingerprint density at radius 1 is 1.24 bits per heavy atom. The van der Waals surface area contributed by atoms with E-state index in [-0.39, 0.29) is 11.7 Å². The van der Waals surface area contributed by atoms with Crippen molar-refractivity contribution in [2.75, 3.05) is 6.54 Å². The summed E-state index contributed by atoms with van der Waals surface area (Å²) in [5.74, 6) is -0.209. The maximum atomic E-state index is 13.1. The minimum absolute atomic E-state index is 0.00976. The summed E-state index contributed by atoms with van der Waals surface area (Å²) in [5.41, 5.74) is 3.19. The van der Waals surface area contributed by atoms with Crippen molar-refractivity contribution in [3.63, 3.8) is 0 Å². The largest absolute Gasteiger partial charge is 0.356 e. The van der Waals surface area contributed by atoms with Crippen molar-refractivity contribution < 1.29 is 9.18 Å². The van der Waals surface area contributed by atoms with Gasteiger partial charge in [0.1, 0.15) is 5.82 Å². The van der Waals surface area contributed by atoms with Crippen molar-refractivity contribution in [3.8, 4) is 0 Å². The summed E-state index contributed by atoms with van der Waals surface area (Å²) >= 11 is 0. The summed E-state index contributed by atoms with van der Waals surface area (Å²) in [4.78, 5) is 12.0. The Morgan fingerprint density at radius 2 is 2.08 bits per heavy atom. The van der Waals surface area contributed by atoms with Gasteiger partial charge in [0.05, 0.1) is 18.3 Å². The first-order valence-corrected chi connectivity index (χ1v) is 8.56. The molecular formula is C20H22FN3O. The Labute approximate surface area is 146 Å². The fourth-order valence-corrected chi connectivity index (χ4v) is 2.93. The molecule has 5 heteroatoms. The van der Waals surface area contributed by atoms with Crippen LogP contribution in [0.15, 0.2) is 48.7 Å². The molecule has 1 heterocycles. The van der Waals surface area contributed by atoms with E-state index in [1.54, 1.807) is 6.07 Å². The smallest absolute Gasteiger partial charge is 0.221 e. The normalized spacial score (nSPS) is 11.0. The standard InChI is InChI=1S/C20H22FN3O/c1-15-5-2-9-19-18(15)14-23-24(19)12-10-20(25)22-11-4-7-16-6-3-8-17(21)13-16/h2-3,5-6,8-9,13-14H,4,7,10-12H2,1H3,(H,22,25). The number of hydrogen-bond donors (Lipinski definition) is 1. The number of nitrogens with zero attached hydrogens (tertiary/aromatic N) is 2. The average molecular weight is 339 g/mol. The molecule has 0 aliphatic rings. The summed E-state index contributed by atoms with van der Waals surface area (Å²) in [5, 5.41) is 8.41. The van der Waals surface area contributed by atoms with Gasteiger partial charge in [0.15, 0.2) is 0 Å². The number of benzene rings is 2. The van der Waals surface area contributed by atoms with Gasteiger partial charge < -0.3 is 5.32 Å². The number of carbonyl (C=O) groups is 1. The Morgan fingerprint density at radius 3 is 2.92 bits per heavy atom. The van der Waals surface area contributed by atoms with E-state index < -0.39 is 0 Å². The predicted molar refractivity (Wildman–Crippen MR) is 96.8 cm³/mol. The Bertz CT molecular complexity index is 872. The maximum Gasteiger partial charge on any atom is 0.221 e. The lowest BCUT2D eigenvalue weighted by Crippen LogP contribution is -2.25. The molecular weight excluding hydrogens is 317 g/mol. The second-order valence-corrected chi connectivity index (χ2v) is 6.21. The second-order valence-electron chi connectivity index (χ2n) is 6.21. The van der Waals surface area contributed by atoms with E-state index in [0.717, 1.165) is 29.3 Å². The first-order valence-electron chi connectivity index (χ1n) is 8.56. The molecule has 0 aliphatic carbocycles. The third kappa shape index (κ3) is 4.44. The molecule has 130 valence electrons. The van der Waals surface area contributed by atoms with Crippen molar-refractivity contribution in [1.29, 1.82) is 0 Å². The molecule has 1 N–H and O–H groups in total. The second kappa shape index (κ2) is 7.92. The molecule has 0 bridgehead atoms. The van der Waals surface area contributed by atoms with E-state index in [1.807, 2.05) is 29.1 Å². The molecule has 0 saturated heterocycles. The van der Waals surface area contributed by atoms with Crippen LogP contribution in [-0.2, 0) is 17.8 Å². The topological polar surface area (TPSA) is 46.9 Å². The summed E-state index contributed by atoms with van der Waals surface area (Å²) in [6.45, 7) is 3.21. The minimum Gasteiger partial charge on any atom is -0.356 e. The van der Waals surface area contributed by atoms with Crippen LogP contribution in [0.5, 0.6) is 0 Å². The van der Waals surface area contributed by atoms with E-state index in [0.29, 0.717) is 19.5 Å². The molecule has 0 fully saturated rings. The summed E-state index contributed by atoms with van der Waals surface area (Å²) < 4.78 is 15.0. The quantitative estimate of drug-likeness (QED) is 0.668. The van der Waals surface area contributed by atoms with Gasteiger partial charge >= 0.3 is 0 Å². The van der Waals surface area contributed by atoms with E-state index in [2.05, 4.69) is 23.4 Å². The molecule has 0 spiro atoms. The van der Waals surface area contributed by atoms with Crippen LogP contribution in [0.1, 0.15) is 24.0 Å². The number of nitrogens with one attached hydrogen (secondary N) is 1. The lowest BCUT2D eigenvalue weighted by atomic mass is 10.1. The van der Waals surface area contributed by atoms with Crippen molar-refractivity contribution >= 4 is 16.8 Å². The lowest BCUT2D eigenvalue weighted by Gasteiger charge is -2.07. The van der Waals surface area contributed by atoms with Crippen molar-refractivity contribution in [2.24, 2.45) is 0 Å². The molecule has 3 rings (SSSR count). The van der Waals surface area contributed by atoms with Gasteiger partial charge in [-0.1, -0.05) is 24.3 Å². The van der Waals surface area contributed by atoms with Gasteiger partial charge in [0.25, 0.3) is 0 Å². The molecule has 0 unspecified atom stereocenters. The fourth-order valence-electron chi connectivity index (χ4n) is 2.93. The van der Waals surface area contributed by atoms with Crippen LogP contribution in [0, 0.1) is 12.7 Å². The number of amides is 1. The van der Waals surface area contributed by atoms with Crippen molar-refractivity contribution in [2.45, 2.75) is 32.7 Å². The molecule has 0 saturated carbocycles. The van der Waals surface area contributed by atoms with Crippen molar-refractivity contribution in [1.82, 2.24) is 15.1 Å². The van der Waals surface area contributed by atoms with Crippen LogP contribution in [0.2, 0.25) is 0 Å². The van der Waals surface area contributed by atoms with Gasteiger partial charge in [-0.2, -0.15) is 5.10 Å². The van der Waals surface area contributed by atoms with Gasteiger partial charge in [0, 0.05) is 18.4 Å². The number of rotatable bonds is 7. The van der Waals surface area contributed by atoms with Crippen LogP contribution >= 0.6 is 0 Å². The fraction of sp³-hybridized carbons (Fsp3) is 0.300. The zero-order chi connectivity index (χ0) is 17.6. The van der Waals surface area contributed by atoms with Gasteiger partial charge in [-0.3, -0.25) is 9.48 Å². The maximum absolute atomic E-state index is 13.1. The summed E-state index contributed by atoms with van der Waals surface area (Å²) in [6, 6.07) is 12.7. The van der Waals surface area contributed by atoms with Gasteiger partial charge in [-0.15, -0.1) is 0 Å². The number of aryl methyl sites for hydroxylation is 3. The number of hydrogen-bond acceptors (Lipinski definition) is 2. The Kier molecular flexibility index (Phi) is 5.43. The highest BCUT2D eigenvalue weighted by Gasteiger charge is 2.07. The Hall–Kier alpha value is -2.69. The lowest BCUT2D eigenvalue weighted by molar-refractivity contribution is -0.121. The van der Waals surface area contributed by atoms with E-state index in [4.69, 9.17) is 0 Å². The molecule has 2 aromatic carbocycles. The molecule has 0 aliphatic heterocycles. The van der Waals surface area contributed by atoms with Crippen LogP contribution in [-0.4, -0.2) is 22.2 Å². The number of carbonyl (C=O) groups excluding carboxylic acids is 1. The van der Waals surface area contributed by atoms with Crippen LogP contribution < -0.4 is 5.32 Å². The van der Waals surface area contributed by atoms with Crippen LogP contribution in [0.25, 0.3) is 10.9 Å². The zero-order valence-electron chi connectivity index (χ0n) is 14.3. The third-order valence-corrected chi connectivity index (χ3v) is 4.31. The monoisotopic (exact) mass is 339 g/mol. The molecule has 1 aromatic heterocycles. The first-order chi connectivity index (χ1) is 12.1. The van der Waals surface area contributed by atoms with Gasteiger partial charge in [0.2, 0.25) is 5.91 Å². The molecule has 1 amide bonds. The van der Waals surface area contributed by atoms with Crippen molar-refractivity contribution in [3.05, 3.63) is 65.6 Å². The van der Waals surface area contributed by atoms with Gasteiger partial charge in [-0.25, -0.2) is 4.39 Å². The number of aromatic nitrogens is 2. The number of fused-ring (bicyclic) bond motifs is 1. The molecule has 0 atom stereocenters. The predicted octanol–water partition coefficient (Wildman–Crippen LogP) is 3.62. The highest BCUT2D eigenvalue weighted by Crippen LogP contribution is 2.17. The molecule has 4 nitrogen and oxygen atoms in total. The third-order valence-electron chi connectivity index (χ3n) is 4.31. The Balaban J connectivity index is 1.43. The first kappa shape index (κ1) is 17.1. The van der Waals surface area contributed by atoms with E-state index >= 15 is 0 Å². The molecule has 0 radical (unpaired) electrons. The summed E-state index contributed by atoms with van der Waals surface area (Å²) in [7, 11) is 0. The highest BCUT2D eigenvalue weighted by molar-refractivity contribution is 5.82. The number of halogens is 1. The minimum atomic E-state index is -0.219. The molecule has 25 heavy (non-hydrogen) atoms.